The van der Waals surface area contributed by atoms with Gasteiger partial charge in [-0.1, -0.05) is 54.1 Å². The number of carbonyl (C=O) groups is 1. The van der Waals surface area contributed by atoms with Crippen LogP contribution in [-0.2, 0) is 15.1 Å². The first-order valence-corrected chi connectivity index (χ1v) is 9.97. The third kappa shape index (κ3) is 3.19. The van der Waals surface area contributed by atoms with Crippen molar-refractivity contribution in [2.75, 3.05) is 20.2 Å². The minimum Gasteiger partial charge on any atom is -0.467 e. The molecule has 0 spiro atoms. The molecule has 5 nitrogen and oxygen atoms in total. The van der Waals surface area contributed by atoms with E-state index in [1.807, 2.05) is 60.9 Å². The predicted octanol–water partition coefficient (Wildman–Crippen LogP) is 3.55. The second kappa shape index (κ2) is 7.94. The summed E-state index contributed by atoms with van der Waals surface area (Å²) in [6, 6.07) is 17.4. The Morgan fingerprint density at radius 1 is 1.14 bits per heavy atom. The van der Waals surface area contributed by atoms with Gasteiger partial charge in [0.25, 0.3) is 0 Å². The Morgan fingerprint density at radius 2 is 1.82 bits per heavy atom. The minimum atomic E-state index is -1.14. The molecule has 0 radical (unpaired) electrons. The summed E-state index contributed by atoms with van der Waals surface area (Å²) in [4.78, 5) is 20.3. The van der Waals surface area contributed by atoms with E-state index in [0.717, 1.165) is 37.1 Å². The van der Waals surface area contributed by atoms with Crippen LogP contribution in [-0.4, -0.2) is 43.4 Å². The number of aliphatic imine (C=N–C) groups is 1. The smallest absolute Gasteiger partial charge is 0.341 e. The summed E-state index contributed by atoms with van der Waals surface area (Å²) in [5.41, 5.74) is 0.679. The highest BCUT2D eigenvalue weighted by molar-refractivity contribution is 6.30. The van der Waals surface area contributed by atoms with Crippen LogP contribution in [0.4, 0.5) is 0 Å². The van der Waals surface area contributed by atoms with Crippen molar-refractivity contribution >= 4 is 23.9 Å². The van der Waals surface area contributed by atoms with Crippen LogP contribution in [0.2, 0.25) is 5.02 Å². The number of halogens is 1. The second-order valence-electron chi connectivity index (χ2n) is 7.25. The molecule has 2 aliphatic rings. The highest BCUT2D eigenvalue weighted by atomic mass is 35.5. The number of carbonyl (C=O) groups excluding carboxylic acids is 1. The summed E-state index contributed by atoms with van der Waals surface area (Å²) >= 11 is 6.14. The fourth-order valence-electron chi connectivity index (χ4n) is 4.34. The zero-order valence-corrected chi connectivity index (χ0v) is 16.6. The highest BCUT2D eigenvalue weighted by Crippen LogP contribution is 2.48. The number of nitrogens with zero attached hydrogens (tertiary/aromatic N) is 2. The van der Waals surface area contributed by atoms with E-state index >= 15 is 0 Å². The Bertz CT molecular complexity index is 850. The number of piperidine rings is 1. The van der Waals surface area contributed by atoms with Gasteiger partial charge in [-0.3, -0.25) is 0 Å². The van der Waals surface area contributed by atoms with E-state index in [2.05, 4.69) is 10.2 Å². The lowest BCUT2D eigenvalue weighted by Crippen LogP contribution is -2.49. The Labute approximate surface area is 170 Å². The Hall–Kier alpha value is -2.37. The van der Waals surface area contributed by atoms with Gasteiger partial charge in [-0.05, 0) is 49.2 Å². The summed E-state index contributed by atoms with van der Waals surface area (Å²) in [5, 5.41) is 4.07. The van der Waals surface area contributed by atoms with Crippen LogP contribution in [0.3, 0.4) is 0 Å². The number of nitrogens with one attached hydrogen (secondary N) is 1. The topological polar surface area (TPSA) is 53.9 Å². The SMILES string of the molecule is COC(=O)C1(c2ccccc2)N=CN(C2CCNCC2)C1c1ccc(Cl)cc1. The third-order valence-electron chi connectivity index (χ3n) is 5.72. The van der Waals surface area contributed by atoms with Gasteiger partial charge in [0.2, 0.25) is 5.54 Å². The number of methoxy groups -OCH3 is 1. The molecule has 0 amide bonds. The molecule has 28 heavy (non-hydrogen) atoms. The van der Waals surface area contributed by atoms with Gasteiger partial charge in [-0.15, -0.1) is 0 Å². The van der Waals surface area contributed by atoms with Crippen molar-refractivity contribution in [3.63, 3.8) is 0 Å². The molecule has 6 heteroatoms. The van der Waals surface area contributed by atoms with E-state index in [-0.39, 0.29) is 12.0 Å². The van der Waals surface area contributed by atoms with E-state index in [1.54, 1.807) is 0 Å². The molecule has 0 aliphatic carbocycles. The molecule has 0 aromatic heterocycles. The molecule has 1 N–H and O–H groups in total. The summed E-state index contributed by atoms with van der Waals surface area (Å²) < 4.78 is 5.29. The number of esters is 1. The van der Waals surface area contributed by atoms with E-state index in [0.29, 0.717) is 11.1 Å². The van der Waals surface area contributed by atoms with Crippen LogP contribution in [0.25, 0.3) is 0 Å². The lowest BCUT2D eigenvalue weighted by Gasteiger charge is -2.41. The molecule has 2 unspecified atom stereocenters. The number of rotatable bonds is 4. The molecule has 2 heterocycles. The van der Waals surface area contributed by atoms with E-state index in [4.69, 9.17) is 21.3 Å². The van der Waals surface area contributed by atoms with Gasteiger partial charge >= 0.3 is 5.97 Å². The first kappa shape index (κ1) is 19.0. The molecule has 2 atom stereocenters. The average molecular weight is 398 g/mol. The molecule has 2 aromatic rings. The number of hydrogen-bond donors (Lipinski definition) is 1. The molecular formula is C22H24ClN3O2. The summed E-state index contributed by atoms with van der Waals surface area (Å²) in [7, 11) is 1.43. The van der Waals surface area contributed by atoms with E-state index in [1.165, 1.54) is 7.11 Å². The van der Waals surface area contributed by atoms with Crippen molar-refractivity contribution in [3.05, 3.63) is 70.7 Å². The molecule has 1 fully saturated rings. The molecule has 146 valence electrons. The van der Waals surface area contributed by atoms with Gasteiger partial charge in [-0.25, -0.2) is 9.79 Å². The average Bonchev–Trinajstić information content (AvgIpc) is 3.16. The third-order valence-corrected chi connectivity index (χ3v) is 5.97. The summed E-state index contributed by atoms with van der Waals surface area (Å²) in [5.74, 6) is -0.355. The quantitative estimate of drug-likeness (QED) is 0.802. The maximum absolute atomic E-state index is 13.2. The Balaban J connectivity index is 1.86. The summed E-state index contributed by atoms with van der Waals surface area (Å²) in [6.45, 7) is 1.91. The molecule has 1 saturated heterocycles. The predicted molar refractivity (Wildman–Crippen MR) is 111 cm³/mol. The lowest BCUT2D eigenvalue weighted by molar-refractivity contribution is -0.149. The zero-order chi connectivity index (χ0) is 19.6. The van der Waals surface area contributed by atoms with Crippen LogP contribution >= 0.6 is 11.6 Å². The molecule has 4 rings (SSSR count). The van der Waals surface area contributed by atoms with Crippen LogP contribution < -0.4 is 5.32 Å². The fraction of sp³-hybridized carbons (Fsp3) is 0.364. The molecule has 2 aromatic carbocycles. The van der Waals surface area contributed by atoms with Gasteiger partial charge in [0, 0.05) is 11.1 Å². The monoisotopic (exact) mass is 397 g/mol. The van der Waals surface area contributed by atoms with Crippen LogP contribution in [0, 0.1) is 0 Å². The van der Waals surface area contributed by atoms with Crippen molar-refractivity contribution < 1.29 is 9.53 Å². The van der Waals surface area contributed by atoms with Crippen LogP contribution in [0.5, 0.6) is 0 Å². The van der Waals surface area contributed by atoms with E-state index < -0.39 is 5.54 Å². The molecule has 0 saturated carbocycles. The standard InChI is InChI=1S/C22H24ClN3O2/c1-28-21(27)22(17-5-3-2-4-6-17)20(16-7-9-18(23)10-8-16)26(15-25-22)19-11-13-24-14-12-19/h2-10,15,19-20,24H,11-14H2,1H3. The van der Waals surface area contributed by atoms with Crippen molar-refractivity contribution in [1.82, 2.24) is 10.2 Å². The van der Waals surface area contributed by atoms with Crippen molar-refractivity contribution in [2.24, 2.45) is 4.99 Å². The lowest BCUT2D eigenvalue weighted by atomic mass is 9.79. The molecule has 2 aliphatic heterocycles. The first-order chi connectivity index (χ1) is 13.7. The van der Waals surface area contributed by atoms with E-state index in [9.17, 15) is 4.79 Å². The van der Waals surface area contributed by atoms with Gasteiger partial charge in [0.05, 0.1) is 19.5 Å². The van der Waals surface area contributed by atoms with Crippen LogP contribution in [0.15, 0.2) is 59.6 Å². The van der Waals surface area contributed by atoms with Crippen molar-refractivity contribution in [3.8, 4) is 0 Å². The second-order valence-corrected chi connectivity index (χ2v) is 7.69. The van der Waals surface area contributed by atoms with Crippen molar-refractivity contribution in [1.29, 1.82) is 0 Å². The highest BCUT2D eigenvalue weighted by Gasteiger charge is 2.55. The number of hydrogen-bond acceptors (Lipinski definition) is 5. The number of ether oxygens (including phenoxy) is 1. The number of benzene rings is 2. The Morgan fingerprint density at radius 3 is 2.46 bits per heavy atom. The van der Waals surface area contributed by atoms with Crippen LogP contribution in [0.1, 0.15) is 30.0 Å². The normalized spacial score (nSPS) is 25.1. The Kier molecular flexibility index (Phi) is 5.38. The maximum atomic E-state index is 13.2. The molecular weight excluding hydrogens is 374 g/mol. The van der Waals surface area contributed by atoms with Gasteiger partial charge in [-0.2, -0.15) is 0 Å². The largest absolute Gasteiger partial charge is 0.467 e. The van der Waals surface area contributed by atoms with Gasteiger partial charge < -0.3 is 15.0 Å². The fourth-order valence-corrected chi connectivity index (χ4v) is 4.47. The zero-order valence-electron chi connectivity index (χ0n) is 15.8. The minimum absolute atomic E-state index is 0.289. The van der Waals surface area contributed by atoms with Crippen molar-refractivity contribution in [2.45, 2.75) is 30.5 Å². The van der Waals surface area contributed by atoms with Gasteiger partial charge in [0.1, 0.15) is 0 Å². The summed E-state index contributed by atoms with van der Waals surface area (Å²) in [6.07, 6.45) is 3.85. The van der Waals surface area contributed by atoms with Gasteiger partial charge in [0.15, 0.2) is 0 Å². The molecule has 0 bridgehead atoms. The first-order valence-electron chi connectivity index (χ1n) is 9.59. The maximum Gasteiger partial charge on any atom is 0.341 e.